The van der Waals surface area contributed by atoms with Crippen molar-refractivity contribution in [2.24, 2.45) is 11.7 Å². The molecule has 0 aliphatic heterocycles. The quantitative estimate of drug-likeness (QED) is 0.874. The van der Waals surface area contributed by atoms with Crippen molar-refractivity contribution in [3.05, 3.63) is 35.4 Å². The van der Waals surface area contributed by atoms with Gasteiger partial charge in [-0.25, -0.2) is 13.1 Å². The van der Waals surface area contributed by atoms with Gasteiger partial charge in [-0.3, -0.25) is 0 Å². The summed E-state index contributed by atoms with van der Waals surface area (Å²) in [5, 5.41) is 0. The van der Waals surface area contributed by atoms with E-state index < -0.39 is 10.0 Å². The zero-order valence-electron chi connectivity index (χ0n) is 12.0. The third-order valence-electron chi connectivity index (χ3n) is 4.06. The molecule has 0 spiro atoms. The first kappa shape index (κ1) is 15.5. The summed E-state index contributed by atoms with van der Waals surface area (Å²) in [5.74, 6) is 0.472. The van der Waals surface area contributed by atoms with Crippen LogP contribution in [0, 0.1) is 5.92 Å². The maximum atomic E-state index is 12.2. The molecule has 20 heavy (non-hydrogen) atoms. The Morgan fingerprint density at radius 1 is 1.15 bits per heavy atom. The van der Waals surface area contributed by atoms with Crippen LogP contribution in [0.15, 0.2) is 24.3 Å². The Morgan fingerprint density at radius 3 is 2.35 bits per heavy atom. The van der Waals surface area contributed by atoms with Crippen LogP contribution in [0.1, 0.15) is 43.7 Å². The lowest BCUT2D eigenvalue weighted by Gasteiger charge is -2.29. The molecule has 0 aromatic heterocycles. The van der Waals surface area contributed by atoms with Gasteiger partial charge in [-0.05, 0) is 29.9 Å². The van der Waals surface area contributed by atoms with Crippen molar-refractivity contribution < 1.29 is 8.42 Å². The summed E-state index contributed by atoms with van der Waals surface area (Å²) >= 11 is 0. The van der Waals surface area contributed by atoms with Gasteiger partial charge in [0.1, 0.15) is 0 Å². The van der Waals surface area contributed by atoms with E-state index in [9.17, 15) is 8.42 Å². The maximum absolute atomic E-state index is 12.2. The summed E-state index contributed by atoms with van der Waals surface area (Å²) in [7, 11) is -3.27. The average molecular weight is 296 g/mol. The van der Waals surface area contributed by atoms with E-state index in [0.717, 1.165) is 30.4 Å². The molecule has 0 saturated heterocycles. The van der Waals surface area contributed by atoms with Gasteiger partial charge < -0.3 is 5.73 Å². The Labute approximate surface area is 121 Å². The van der Waals surface area contributed by atoms with Crippen molar-refractivity contribution in [2.45, 2.75) is 50.9 Å². The smallest absolute Gasteiger partial charge is 0.216 e. The summed E-state index contributed by atoms with van der Waals surface area (Å²) in [6.07, 6.45) is 4.38. The fourth-order valence-corrected chi connectivity index (χ4v) is 4.28. The monoisotopic (exact) mass is 296 g/mol. The van der Waals surface area contributed by atoms with Crippen LogP contribution in [0.5, 0.6) is 0 Å². The lowest BCUT2D eigenvalue weighted by atomic mass is 9.87. The number of sulfonamides is 1. The highest BCUT2D eigenvalue weighted by Crippen LogP contribution is 2.24. The average Bonchev–Trinajstić information content (AvgIpc) is 2.41. The molecule has 3 N–H and O–H groups in total. The molecule has 1 aliphatic carbocycles. The molecule has 0 radical (unpaired) electrons. The molecule has 1 aliphatic rings. The number of hydrogen-bond acceptors (Lipinski definition) is 3. The molecule has 5 heteroatoms. The van der Waals surface area contributed by atoms with E-state index in [-0.39, 0.29) is 11.8 Å². The Bertz CT molecular complexity index is 525. The van der Waals surface area contributed by atoms with Crippen molar-refractivity contribution in [3.63, 3.8) is 0 Å². The number of nitrogens with two attached hydrogens (primary N) is 1. The molecule has 2 atom stereocenters. The minimum Gasteiger partial charge on any atom is -0.326 e. The molecule has 2 rings (SSSR count). The molecule has 2 unspecified atom stereocenters. The normalized spacial score (nSPS) is 23.7. The van der Waals surface area contributed by atoms with Gasteiger partial charge in [0.2, 0.25) is 10.0 Å². The second kappa shape index (κ2) is 6.70. The van der Waals surface area contributed by atoms with Crippen LogP contribution in [0.25, 0.3) is 0 Å². The fraction of sp³-hybridized carbons (Fsp3) is 0.600. The van der Waals surface area contributed by atoms with Crippen LogP contribution in [-0.2, 0) is 22.3 Å². The predicted molar refractivity (Wildman–Crippen MR) is 81.5 cm³/mol. The molecule has 0 bridgehead atoms. The predicted octanol–water partition coefficient (Wildman–Crippen LogP) is 2.14. The van der Waals surface area contributed by atoms with Crippen LogP contribution in [0.2, 0.25) is 0 Å². The zero-order valence-corrected chi connectivity index (χ0v) is 12.8. The van der Waals surface area contributed by atoms with Gasteiger partial charge >= 0.3 is 0 Å². The van der Waals surface area contributed by atoms with E-state index in [0.29, 0.717) is 12.5 Å². The number of rotatable bonds is 5. The molecule has 0 amide bonds. The van der Waals surface area contributed by atoms with Crippen LogP contribution < -0.4 is 10.5 Å². The minimum absolute atomic E-state index is 0.0427. The molecule has 112 valence electrons. The number of benzene rings is 1. The highest BCUT2D eigenvalue weighted by molar-refractivity contribution is 7.88. The van der Waals surface area contributed by atoms with Crippen molar-refractivity contribution in [3.8, 4) is 0 Å². The largest absolute Gasteiger partial charge is 0.326 e. The summed E-state index contributed by atoms with van der Waals surface area (Å²) in [5.41, 5.74) is 7.35. The lowest BCUT2D eigenvalue weighted by molar-refractivity contribution is 0.310. The van der Waals surface area contributed by atoms with Gasteiger partial charge in [0.05, 0.1) is 5.75 Å². The Kier molecular flexibility index (Phi) is 5.18. The fourth-order valence-electron chi connectivity index (χ4n) is 2.75. The van der Waals surface area contributed by atoms with Crippen LogP contribution in [0.4, 0.5) is 0 Å². The molecule has 1 fully saturated rings. The summed E-state index contributed by atoms with van der Waals surface area (Å²) in [6.45, 7) is 2.60. The minimum atomic E-state index is -3.27. The van der Waals surface area contributed by atoms with Crippen LogP contribution in [-0.4, -0.2) is 14.5 Å². The van der Waals surface area contributed by atoms with Gasteiger partial charge in [-0.2, -0.15) is 0 Å². The first-order valence-corrected chi connectivity index (χ1v) is 8.93. The number of nitrogens with one attached hydrogen (secondary N) is 1. The van der Waals surface area contributed by atoms with Gasteiger partial charge in [-0.1, -0.05) is 44.0 Å². The lowest BCUT2D eigenvalue weighted by Crippen LogP contribution is -2.41. The van der Waals surface area contributed by atoms with Gasteiger partial charge in [-0.15, -0.1) is 0 Å². The molecule has 1 aromatic carbocycles. The molecule has 4 nitrogen and oxygen atoms in total. The zero-order chi connectivity index (χ0) is 14.6. The molecule has 0 heterocycles. The van der Waals surface area contributed by atoms with E-state index in [1.165, 1.54) is 6.42 Å². The SMILES string of the molecule is CC1CCCCC1NS(=O)(=O)Cc1ccc(CN)cc1. The third-order valence-corrected chi connectivity index (χ3v) is 5.43. The van der Waals surface area contributed by atoms with Gasteiger partial charge in [0.25, 0.3) is 0 Å². The van der Waals surface area contributed by atoms with Gasteiger partial charge in [0, 0.05) is 12.6 Å². The number of hydrogen-bond donors (Lipinski definition) is 2. The topological polar surface area (TPSA) is 72.2 Å². The summed E-state index contributed by atoms with van der Waals surface area (Å²) in [6, 6.07) is 7.54. The second-order valence-electron chi connectivity index (χ2n) is 5.77. The summed E-state index contributed by atoms with van der Waals surface area (Å²) in [4.78, 5) is 0. The van der Waals surface area contributed by atoms with Gasteiger partial charge in [0.15, 0.2) is 0 Å². The Morgan fingerprint density at radius 2 is 1.75 bits per heavy atom. The van der Waals surface area contributed by atoms with Crippen molar-refractivity contribution in [1.29, 1.82) is 0 Å². The van der Waals surface area contributed by atoms with E-state index in [2.05, 4.69) is 11.6 Å². The van der Waals surface area contributed by atoms with Crippen molar-refractivity contribution in [2.75, 3.05) is 0 Å². The van der Waals surface area contributed by atoms with Crippen molar-refractivity contribution >= 4 is 10.0 Å². The Balaban J connectivity index is 1.99. The first-order valence-electron chi connectivity index (χ1n) is 7.28. The molecule has 1 saturated carbocycles. The second-order valence-corrected chi connectivity index (χ2v) is 7.52. The van der Waals surface area contributed by atoms with Crippen LogP contribution >= 0.6 is 0 Å². The molecular formula is C15H24N2O2S. The Hall–Kier alpha value is -0.910. The first-order chi connectivity index (χ1) is 9.50. The van der Waals surface area contributed by atoms with E-state index in [4.69, 9.17) is 5.73 Å². The van der Waals surface area contributed by atoms with Crippen molar-refractivity contribution in [1.82, 2.24) is 4.72 Å². The molecular weight excluding hydrogens is 272 g/mol. The third kappa shape index (κ3) is 4.30. The van der Waals surface area contributed by atoms with E-state index >= 15 is 0 Å². The summed E-state index contributed by atoms with van der Waals surface area (Å²) < 4.78 is 27.3. The molecule has 1 aromatic rings. The standard InChI is InChI=1S/C15H24N2O2S/c1-12-4-2-3-5-15(12)17-20(18,19)11-14-8-6-13(10-16)7-9-14/h6-9,12,15,17H,2-5,10-11,16H2,1H3. The van der Waals surface area contributed by atoms with Crippen LogP contribution in [0.3, 0.4) is 0 Å². The van der Waals surface area contributed by atoms with E-state index in [1.807, 2.05) is 24.3 Å². The highest BCUT2D eigenvalue weighted by atomic mass is 32.2. The van der Waals surface area contributed by atoms with E-state index in [1.54, 1.807) is 0 Å². The highest BCUT2D eigenvalue weighted by Gasteiger charge is 2.25. The maximum Gasteiger partial charge on any atom is 0.216 e.